The standard InChI is InChI=1S/C20H36N4O/c1-15-5-12-24(13-6-15)11-4-10-22-19(21-2)23-17-16-7-14-25-18(16)20(17)8-3-9-20/h15-18H,3-14H2,1-2H3,(H2,21,22,23). The zero-order chi connectivity index (χ0) is 17.3. The van der Waals surface area contributed by atoms with Crippen molar-refractivity contribution in [1.29, 1.82) is 0 Å². The Morgan fingerprint density at radius 1 is 1.24 bits per heavy atom. The average Bonchev–Trinajstić information content (AvgIpc) is 2.99. The number of rotatable bonds is 5. The van der Waals surface area contributed by atoms with Gasteiger partial charge in [0, 0.05) is 37.6 Å². The van der Waals surface area contributed by atoms with Crippen molar-refractivity contribution in [3.8, 4) is 0 Å². The van der Waals surface area contributed by atoms with E-state index in [4.69, 9.17) is 4.74 Å². The highest BCUT2D eigenvalue weighted by atomic mass is 16.5. The summed E-state index contributed by atoms with van der Waals surface area (Å²) in [6.07, 6.45) is 9.70. The third kappa shape index (κ3) is 3.30. The Bertz CT molecular complexity index is 482. The van der Waals surface area contributed by atoms with Crippen LogP contribution in [0.25, 0.3) is 0 Å². The van der Waals surface area contributed by atoms with Crippen LogP contribution in [0.4, 0.5) is 0 Å². The van der Waals surface area contributed by atoms with Crippen molar-refractivity contribution < 1.29 is 4.74 Å². The highest BCUT2D eigenvalue weighted by Crippen LogP contribution is 2.62. The number of guanidine groups is 1. The van der Waals surface area contributed by atoms with Crippen molar-refractivity contribution in [1.82, 2.24) is 15.5 Å². The summed E-state index contributed by atoms with van der Waals surface area (Å²) in [5, 5.41) is 7.31. The minimum Gasteiger partial charge on any atom is -0.377 e. The first kappa shape index (κ1) is 17.6. The van der Waals surface area contributed by atoms with Crippen molar-refractivity contribution in [3.05, 3.63) is 0 Å². The highest BCUT2D eigenvalue weighted by Gasteiger charge is 2.66. The molecule has 3 atom stereocenters. The maximum atomic E-state index is 6.02. The normalized spacial score (nSPS) is 35.1. The SMILES string of the molecule is CN=C(NCCCN1CCC(C)CC1)NC1C2CCOC2C12CCC2. The van der Waals surface area contributed by atoms with Gasteiger partial charge in [0.05, 0.1) is 6.10 Å². The maximum Gasteiger partial charge on any atom is 0.191 e. The van der Waals surface area contributed by atoms with E-state index < -0.39 is 0 Å². The quantitative estimate of drug-likeness (QED) is 0.454. The Morgan fingerprint density at radius 3 is 2.72 bits per heavy atom. The van der Waals surface area contributed by atoms with Gasteiger partial charge >= 0.3 is 0 Å². The fraction of sp³-hybridized carbons (Fsp3) is 0.950. The van der Waals surface area contributed by atoms with Gasteiger partial charge < -0.3 is 20.3 Å². The lowest BCUT2D eigenvalue weighted by atomic mass is 9.46. The van der Waals surface area contributed by atoms with Crippen LogP contribution in [0.15, 0.2) is 4.99 Å². The van der Waals surface area contributed by atoms with Gasteiger partial charge in [-0.05, 0) is 64.1 Å². The molecule has 0 aromatic carbocycles. The first-order valence-corrected chi connectivity index (χ1v) is 10.5. The van der Waals surface area contributed by atoms with E-state index in [1.807, 2.05) is 7.05 Å². The number of nitrogens with one attached hydrogen (secondary N) is 2. The Hall–Kier alpha value is -0.810. The molecule has 4 rings (SSSR count). The molecule has 2 heterocycles. The second-order valence-electron chi connectivity index (χ2n) is 8.83. The Labute approximate surface area is 153 Å². The van der Waals surface area contributed by atoms with Gasteiger partial charge in [-0.15, -0.1) is 0 Å². The minimum absolute atomic E-state index is 0.420. The van der Waals surface area contributed by atoms with Gasteiger partial charge in [-0.1, -0.05) is 13.3 Å². The molecule has 1 spiro atoms. The van der Waals surface area contributed by atoms with Crippen LogP contribution in [0.1, 0.15) is 51.9 Å². The number of fused-ring (bicyclic) bond motifs is 2. The fourth-order valence-electron chi connectivity index (χ4n) is 5.59. The highest BCUT2D eigenvalue weighted by molar-refractivity contribution is 5.80. The summed E-state index contributed by atoms with van der Waals surface area (Å²) in [5.74, 6) is 2.62. The topological polar surface area (TPSA) is 48.9 Å². The molecular weight excluding hydrogens is 312 g/mol. The molecule has 4 fully saturated rings. The number of ether oxygens (including phenoxy) is 1. The molecule has 2 saturated carbocycles. The van der Waals surface area contributed by atoms with Gasteiger partial charge in [0.1, 0.15) is 0 Å². The molecule has 0 bridgehead atoms. The van der Waals surface area contributed by atoms with Gasteiger partial charge in [0.25, 0.3) is 0 Å². The molecule has 0 aromatic heterocycles. The molecule has 2 aliphatic carbocycles. The van der Waals surface area contributed by atoms with E-state index >= 15 is 0 Å². The summed E-state index contributed by atoms with van der Waals surface area (Å²) in [5.41, 5.74) is 0.420. The largest absolute Gasteiger partial charge is 0.377 e. The predicted octanol–water partition coefficient (Wildman–Crippen LogP) is 2.23. The van der Waals surface area contributed by atoms with E-state index in [-0.39, 0.29) is 0 Å². The van der Waals surface area contributed by atoms with Gasteiger partial charge in [-0.25, -0.2) is 0 Å². The molecule has 2 aliphatic heterocycles. The zero-order valence-electron chi connectivity index (χ0n) is 16.1. The third-order valence-corrected chi connectivity index (χ3v) is 7.37. The maximum absolute atomic E-state index is 6.02. The van der Waals surface area contributed by atoms with Crippen molar-refractivity contribution >= 4 is 5.96 Å². The lowest BCUT2D eigenvalue weighted by Gasteiger charge is -2.63. The van der Waals surface area contributed by atoms with E-state index in [2.05, 4.69) is 27.4 Å². The van der Waals surface area contributed by atoms with Gasteiger partial charge in [0.2, 0.25) is 0 Å². The van der Waals surface area contributed by atoms with Gasteiger partial charge in [0.15, 0.2) is 5.96 Å². The van der Waals surface area contributed by atoms with Crippen LogP contribution in [0, 0.1) is 17.3 Å². The second-order valence-corrected chi connectivity index (χ2v) is 8.83. The molecule has 5 nitrogen and oxygen atoms in total. The smallest absolute Gasteiger partial charge is 0.191 e. The lowest BCUT2D eigenvalue weighted by Crippen LogP contribution is -2.72. The number of hydrogen-bond donors (Lipinski definition) is 2. The Morgan fingerprint density at radius 2 is 2.04 bits per heavy atom. The summed E-state index contributed by atoms with van der Waals surface area (Å²) >= 11 is 0. The van der Waals surface area contributed by atoms with E-state index in [9.17, 15) is 0 Å². The summed E-state index contributed by atoms with van der Waals surface area (Å²) in [7, 11) is 1.90. The number of likely N-dealkylation sites (tertiary alicyclic amines) is 1. The average molecular weight is 349 g/mol. The van der Waals surface area contributed by atoms with E-state index in [0.29, 0.717) is 23.5 Å². The minimum atomic E-state index is 0.420. The molecular formula is C20H36N4O. The monoisotopic (exact) mass is 348 g/mol. The Kier molecular flexibility index (Phi) is 5.23. The lowest BCUT2D eigenvalue weighted by molar-refractivity contribution is -0.171. The second kappa shape index (κ2) is 7.43. The fourth-order valence-corrected chi connectivity index (χ4v) is 5.59. The van der Waals surface area contributed by atoms with Crippen LogP contribution >= 0.6 is 0 Å². The summed E-state index contributed by atoms with van der Waals surface area (Å²) in [4.78, 5) is 7.10. The van der Waals surface area contributed by atoms with Gasteiger partial charge in [-0.2, -0.15) is 0 Å². The molecule has 5 heteroatoms. The number of piperidine rings is 1. The number of hydrogen-bond acceptors (Lipinski definition) is 3. The summed E-state index contributed by atoms with van der Waals surface area (Å²) < 4.78 is 6.02. The zero-order valence-corrected chi connectivity index (χ0v) is 16.1. The third-order valence-electron chi connectivity index (χ3n) is 7.37. The van der Waals surface area contributed by atoms with Crippen LogP contribution in [0.5, 0.6) is 0 Å². The van der Waals surface area contributed by atoms with Crippen molar-refractivity contribution in [2.24, 2.45) is 22.2 Å². The number of aliphatic imine (C=N–C) groups is 1. The predicted molar refractivity (Wildman–Crippen MR) is 102 cm³/mol. The molecule has 25 heavy (non-hydrogen) atoms. The van der Waals surface area contributed by atoms with E-state index in [1.54, 1.807) is 0 Å². The first-order valence-electron chi connectivity index (χ1n) is 10.5. The van der Waals surface area contributed by atoms with Crippen LogP contribution in [-0.4, -0.2) is 62.8 Å². The van der Waals surface area contributed by atoms with Crippen LogP contribution in [-0.2, 0) is 4.74 Å². The Balaban J connectivity index is 1.20. The molecule has 4 aliphatic rings. The molecule has 2 N–H and O–H groups in total. The van der Waals surface area contributed by atoms with Crippen LogP contribution in [0.2, 0.25) is 0 Å². The number of nitrogens with zero attached hydrogens (tertiary/aromatic N) is 2. The molecule has 0 amide bonds. The molecule has 0 radical (unpaired) electrons. The molecule has 2 saturated heterocycles. The summed E-state index contributed by atoms with van der Waals surface area (Å²) in [6.45, 7) is 8.11. The first-order chi connectivity index (χ1) is 12.2. The van der Waals surface area contributed by atoms with Crippen molar-refractivity contribution in [2.75, 3.05) is 39.8 Å². The summed E-state index contributed by atoms with van der Waals surface area (Å²) in [6, 6.07) is 0.573. The molecule has 3 unspecified atom stereocenters. The molecule has 142 valence electrons. The van der Waals surface area contributed by atoms with Crippen LogP contribution in [0.3, 0.4) is 0 Å². The van der Waals surface area contributed by atoms with Gasteiger partial charge in [-0.3, -0.25) is 4.99 Å². The van der Waals surface area contributed by atoms with Crippen molar-refractivity contribution in [3.63, 3.8) is 0 Å². The van der Waals surface area contributed by atoms with E-state index in [0.717, 1.165) is 25.0 Å². The van der Waals surface area contributed by atoms with Crippen LogP contribution < -0.4 is 10.6 Å². The van der Waals surface area contributed by atoms with E-state index in [1.165, 1.54) is 64.6 Å². The van der Waals surface area contributed by atoms with Crippen molar-refractivity contribution in [2.45, 2.75) is 64.0 Å². The molecule has 0 aromatic rings.